The summed E-state index contributed by atoms with van der Waals surface area (Å²) in [7, 11) is 0. The summed E-state index contributed by atoms with van der Waals surface area (Å²) in [6.45, 7) is 1.47. The molecule has 0 atom stereocenters. The number of aromatic nitrogens is 3. The van der Waals surface area contributed by atoms with Crippen LogP contribution >= 0.6 is 11.3 Å². The van der Waals surface area contributed by atoms with Crippen LogP contribution in [0.4, 0.5) is 15.2 Å². The Morgan fingerprint density at radius 3 is 2.67 bits per heavy atom. The molecule has 1 aliphatic heterocycles. The van der Waals surface area contributed by atoms with Crippen LogP contribution in [0.25, 0.3) is 10.2 Å². The number of anilines is 2. The topological polar surface area (TPSA) is 69.2 Å². The SMILES string of the molecule is Fc1ccc2sc(Nc3ccc(Oc4nccnc4C4CCOCC4)cc3)nc2c1. The summed E-state index contributed by atoms with van der Waals surface area (Å²) in [6, 6.07) is 12.2. The van der Waals surface area contributed by atoms with Gasteiger partial charge in [-0.25, -0.2) is 14.4 Å². The fourth-order valence-corrected chi connectivity index (χ4v) is 4.33. The van der Waals surface area contributed by atoms with Gasteiger partial charge in [-0.1, -0.05) is 11.3 Å². The van der Waals surface area contributed by atoms with E-state index in [1.54, 1.807) is 18.5 Å². The monoisotopic (exact) mass is 422 g/mol. The minimum Gasteiger partial charge on any atom is -0.437 e. The fourth-order valence-electron chi connectivity index (χ4n) is 3.46. The summed E-state index contributed by atoms with van der Waals surface area (Å²) in [5.41, 5.74) is 2.39. The van der Waals surface area contributed by atoms with Crippen LogP contribution in [0.3, 0.4) is 0 Å². The van der Waals surface area contributed by atoms with E-state index >= 15 is 0 Å². The van der Waals surface area contributed by atoms with Gasteiger partial charge in [0.15, 0.2) is 5.13 Å². The second-order valence-electron chi connectivity index (χ2n) is 7.02. The van der Waals surface area contributed by atoms with Crippen molar-refractivity contribution in [1.82, 2.24) is 15.0 Å². The molecule has 0 saturated carbocycles. The normalized spacial score (nSPS) is 14.7. The zero-order valence-corrected chi connectivity index (χ0v) is 16.9. The molecule has 0 radical (unpaired) electrons. The fraction of sp³-hybridized carbons (Fsp3) is 0.227. The van der Waals surface area contributed by atoms with E-state index in [1.165, 1.54) is 23.5 Å². The molecule has 4 aromatic rings. The maximum Gasteiger partial charge on any atom is 0.241 e. The molecule has 0 bridgehead atoms. The van der Waals surface area contributed by atoms with Gasteiger partial charge < -0.3 is 14.8 Å². The largest absolute Gasteiger partial charge is 0.437 e. The predicted molar refractivity (Wildman–Crippen MR) is 114 cm³/mol. The summed E-state index contributed by atoms with van der Waals surface area (Å²) in [5.74, 6) is 1.23. The Bertz CT molecular complexity index is 1160. The number of rotatable bonds is 5. The molecule has 0 unspecified atom stereocenters. The van der Waals surface area contributed by atoms with Gasteiger partial charge in [-0.05, 0) is 49.2 Å². The predicted octanol–water partition coefficient (Wildman–Crippen LogP) is 5.66. The zero-order chi connectivity index (χ0) is 20.3. The maximum absolute atomic E-state index is 13.4. The first-order valence-corrected chi connectivity index (χ1v) is 10.6. The molecule has 2 aromatic heterocycles. The smallest absolute Gasteiger partial charge is 0.241 e. The van der Waals surface area contributed by atoms with Gasteiger partial charge in [0, 0.05) is 43.3 Å². The van der Waals surface area contributed by atoms with Crippen molar-refractivity contribution >= 4 is 32.4 Å². The highest BCUT2D eigenvalue weighted by molar-refractivity contribution is 7.22. The Labute approximate surface area is 176 Å². The number of nitrogens with one attached hydrogen (secondary N) is 1. The molecule has 2 aromatic carbocycles. The van der Waals surface area contributed by atoms with E-state index in [4.69, 9.17) is 9.47 Å². The second kappa shape index (κ2) is 8.33. The first-order valence-electron chi connectivity index (χ1n) is 9.74. The Kier molecular flexibility index (Phi) is 5.25. The average Bonchev–Trinajstić information content (AvgIpc) is 3.17. The minimum absolute atomic E-state index is 0.287. The van der Waals surface area contributed by atoms with Crippen LogP contribution in [0.5, 0.6) is 11.6 Å². The number of benzene rings is 2. The molecule has 1 saturated heterocycles. The molecule has 1 N–H and O–H groups in total. The molecule has 6 nitrogen and oxygen atoms in total. The molecular formula is C22H19FN4O2S. The van der Waals surface area contributed by atoms with Crippen LogP contribution in [-0.4, -0.2) is 28.2 Å². The molecule has 1 aliphatic rings. The highest BCUT2D eigenvalue weighted by atomic mass is 32.1. The van der Waals surface area contributed by atoms with Gasteiger partial charge in [0.25, 0.3) is 0 Å². The van der Waals surface area contributed by atoms with E-state index in [9.17, 15) is 4.39 Å². The standard InChI is InChI=1S/C22H19FN4O2S/c23-15-1-6-19-18(13-15)27-22(30-19)26-16-2-4-17(5-3-16)29-21-20(24-9-10-25-21)14-7-11-28-12-8-14/h1-6,9-10,13-14H,7-8,11-12H2,(H,26,27). The van der Waals surface area contributed by atoms with Crippen molar-refractivity contribution < 1.29 is 13.9 Å². The lowest BCUT2D eigenvalue weighted by atomic mass is 9.96. The third-order valence-electron chi connectivity index (χ3n) is 4.97. The molecule has 30 heavy (non-hydrogen) atoms. The van der Waals surface area contributed by atoms with E-state index in [1.807, 2.05) is 24.3 Å². The van der Waals surface area contributed by atoms with E-state index in [0.717, 1.165) is 42.1 Å². The van der Waals surface area contributed by atoms with Crippen molar-refractivity contribution in [2.45, 2.75) is 18.8 Å². The Morgan fingerprint density at radius 2 is 1.83 bits per heavy atom. The van der Waals surface area contributed by atoms with Crippen LogP contribution in [0.1, 0.15) is 24.5 Å². The van der Waals surface area contributed by atoms with Gasteiger partial charge in [-0.2, -0.15) is 0 Å². The molecule has 0 spiro atoms. The summed E-state index contributed by atoms with van der Waals surface area (Å²) in [6.07, 6.45) is 5.19. The van der Waals surface area contributed by atoms with Crippen molar-refractivity contribution in [1.29, 1.82) is 0 Å². The molecule has 0 amide bonds. The third-order valence-corrected chi connectivity index (χ3v) is 5.92. The highest BCUT2D eigenvalue weighted by Crippen LogP contribution is 2.34. The van der Waals surface area contributed by atoms with Crippen LogP contribution in [-0.2, 0) is 4.74 Å². The van der Waals surface area contributed by atoms with Crippen LogP contribution in [0, 0.1) is 5.82 Å². The van der Waals surface area contributed by atoms with Crippen molar-refractivity contribution in [2.24, 2.45) is 0 Å². The molecule has 3 heterocycles. The number of fused-ring (bicyclic) bond motifs is 1. The first-order chi connectivity index (χ1) is 14.7. The highest BCUT2D eigenvalue weighted by Gasteiger charge is 2.22. The third kappa shape index (κ3) is 4.10. The number of halogens is 1. The molecule has 152 valence electrons. The van der Waals surface area contributed by atoms with Gasteiger partial charge in [0.2, 0.25) is 5.88 Å². The molecule has 5 rings (SSSR count). The first kappa shape index (κ1) is 18.9. The van der Waals surface area contributed by atoms with Crippen molar-refractivity contribution in [2.75, 3.05) is 18.5 Å². The maximum atomic E-state index is 13.4. The minimum atomic E-state index is -0.287. The number of ether oxygens (including phenoxy) is 2. The van der Waals surface area contributed by atoms with Crippen LogP contribution in [0.15, 0.2) is 54.9 Å². The second-order valence-corrected chi connectivity index (χ2v) is 8.05. The lowest BCUT2D eigenvalue weighted by molar-refractivity contribution is 0.0839. The van der Waals surface area contributed by atoms with Gasteiger partial charge in [-0.15, -0.1) is 0 Å². The number of hydrogen-bond acceptors (Lipinski definition) is 7. The lowest BCUT2D eigenvalue weighted by Crippen LogP contribution is -2.16. The van der Waals surface area contributed by atoms with Crippen molar-refractivity contribution in [3.8, 4) is 11.6 Å². The van der Waals surface area contributed by atoms with Crippen LogP contribution < -0.4 is 10.1 Å². The number of nitrogens with zero attached hydrogens (tertiary/aromatic N) is 3. The van der Waals surface area contributed by atoms with Gasteiger partial charge >= 0.3 is 0 Å². The van der Waals surface area contributed by atoms with E-state index < -0.39 is 0 Å². The lowest BCUT2D eigenvalue weighted by Gasteiger charge is -2.22. The number of hydrogen-bond donors (Lipinski definition) is 1. The van der Waals surface area contributed by atoms with Gasteiger partial charge in [0.1, 0.15) is 17.3 Å². The van der Waals surface area contributed by atoms with E-state index in [0.29, 0.717) is 28.2 Å². The summed E-state index contributed by atoms with van der Waals surface area (Å²) < 4.78 is 25.8. The Morgan fingerprint density at radius 1 is 1.03 bits per heavy atom. The summed E-state index contributed by atoms with van der Waals surface area (Å²) in [5, 5.41) is 3.96. The Balaban J connectivity index is 1.30. The van der Waals surface area contributed by atoms with E-state index in [-0.39, 0.29) is 5.82 Å². The van der Waals surface area contributed by atoms with E-state index in [2.05, 4.69) is 20.3 Å². The van der Waals surface area contributed by atoms with Crippen molar-refractivity contribution in [3.63, 3.8) is 0 Å². The molecule has 8 heteroatoms. The summed E-state index contributed by atoms with van der Waals surface area (Å²) >= 11 is 1.48. The van der Waals surface area contributed by atoms with Crippen LogP contribution in [0.2, 0.25) is 0 Å². The molecular weight excluding hydrogens is 403 g/mol. The zero-order valence-electron chi connectivity index (χ0n) is 16.0. The Hall–Kier alpha value is -3.10. The number of thiazole rings is 1. The van der Waals surface area contributed by atoms with Gasteiger partial charge in [0.05, 0.1) is 10.2 Å². The average molecular weight is 422 g/mol. The molecule has 0 aliphatic carbocycles. The quantitative estimate of drug-likeness (QED) is 0.448. The summed E-state index contributed by atoms with van der Waals surface area (Å²) in [4.78, 5) is 13.3. The van der Waals surface area contributed by atoms with Crippen molar-refractivity contribution in [3.05, 3.63) is 66.4 Å². The van der Waals surface area contributed by atoms with Gasteiger partial charge in [-0.3, -0.25) is 4.98 Å². The molecule has 1 fully saturated rings.